The number of nitrogens with one attached hydrogen (secondary N) is 1. The first kappa shape index (κ1) is 18.7. The summed E-state index contributed by atoms with van der Waals surface area (Å²) in [6.07, 6.45) is 1.48. The highest BCUT2D eigenvalue weighted by Gasteiger charge is 2.27. The molecule has 0 aliphatic carbocycles. The number of hydrogen-bond acceptors (Lipinski definition) is 3. The van der Waals surface area contributed by atoms with E-state index in [0.29, 0.717) is 35.5 Å². The molecule has 8 heteroatoms. The molecule has 0 spiro atoms. The second-order valence-corrected chi connectivity index (χ2v) is 8.60. The average Bonchev–Trinajstić information content (AvgIpc) is 2.58. The number of rotatable bonds is 3. The molecule has 2 aromatic rings. The average molecular weight is 397 g/mol. The second kappa shape index (κ2) is 7.25. The lowest BCUT2D eigenvalue weighted by Crippen LogP contribution is -2.38. The number of hydrogen-bond donors (Lipinski definition) is 1. The van der Waals surface area contributed by atoms with Crippen LogP contribution in [0.25, 0.3) is 0 Å². The van der Waals surface area contributed by atoms with E-state index in [4.69, 9.17) is 11.6 Å². The minimum atomic E-state index is -3.31. The monoisotopic (exact) mass is 396 g/mol. The molecule has 1 aliphatic heterocycles. The number of aryl methyl sites for hydroxylation is 1. The van der Waals surface area contributed by atoms with Crippen LogP contribution in [0.5, 0.6) is 0 Å². The van der Waals surface area contributed by atoms with Crippen LogP contribution in [0, 0.1) is 12.7 Å². The maximum absolute atomic E-state index is 13.2. The fourth-order valence-corrected chi connectivity index (χ4v) is 4.79. The molecule has 0 aromatic heterocycles. The van der Waals surface area contributed by atoms with Gasteiger partial charge in [-0.3, -0.25) is 9.10 Å². The Morgan fingerprint density at radius 3 is 2.62 bits per heavy atom. The zero-order valence-corrected chi connectivity index (χ0v) is 15.7. The molecule has 0 bridgehead atoms. The van der Waals surface area contributed by atoms with Gasteiger partial charge >= 0.3 is 0 Å². The van der Waals surface area contributed by atoms with Gasteiger partial charge in [-0.1, -0.05) is 11.6 Å². The largest absolute Gasteiger partial charge is 0.322 e. The van der Waals surface area contributed by atoms with Crippen molar-refractivity contribution in [1.82, 2.24) is 0 Å². The van der Waals surface area contributed by atoms with E-state index in [-0.39, 0.29) is 16.7 Å². The van der Waals surface area contributed by atoms with E-state index in [1.165, 1.54) is 22.5 Å². The van der Waals surface area contributed by atoms with E-state index in [1.54, 1.807) is 25.1 Å². The molecule has 2 aromatic carbocycles. The Bertz CT molecular complexity index is 963. The predicted octanol–water partition coefficient (Wildman–Crippen LogP) is 3.97. The first-order chi connectivity index (χ1) is 12.3. The first-order valence-corrected chi connectivity index (χ1v) is 10.1. The van der Waals surface area contributed by atoms with Crippen molar-refractivity contribution >= 4 is 38.9 Å². The van der Waals surface area contributed by atoms with Gasteiger partial charge in [0.1, 0.15) is 5.82 Å². The van der Waals surface area contributed by atoms with E-state index in [0.717, 1.165) is 6.42 Å². The molecule has 1 fully saturated rings. The van der Waals surface area contributed by atoms with Crippen LogP contribution in [0.4, 0.5) is 15.8 Å². The summed E-state index contributed by atoms with van der Waals surface area (Å²) in [6, 6.07) is 8.78. The molecule has 0 radical (unpaired) electrons. The van der Waals surface area contributed by atoms with Gasteiger partial charge in [-0.2, -0.15) is 0 Å². The van der Waals surface area contributed by atoms with Crippen molar-refractivity contribution < 1.29 is 17.6 Å². The van der Waals surface area contributed by atoms with E-state index in [1.807, 2.05) is 0 Å². The number of amides is 1. The number of carbonyl (C=O) groups excluding carboxylic acids is 1. The molecule has 138 valence electrons. The van der Waals surface area contributed by atoms with Crippen LogP contribution in [0.2, 0.25) is 5.02 Å². The lowest BCUT2D eigenvalue weighted by atomic mass is 10.1. The lowest BCUT2D eigenvalue weighted by molar-refractivity contribution is 0.102. The Morgan fingerprint density at radius 2 is 1.96 bits per heavy atom. The third-order valence-electron chi connectivity index (χ3n) is 4.25. The Balaban J connectivity index is 1.82. The fraction of sp³-hybridized carbons (Fsp3) is 0.278. The summed E-state index contributed by atoms with van der Waals surface area (Å²) in [5, 5.41) is 2.57. The molecule has 0 atom stereocenters. The van der Waals surface area contributed by atoms with Gasteiger partial charge in [0.25, 0.3) is 5.91 Å². The van der Waals surface area contributed by atoms with Gasteiger partial charge in [-0.25, -0.2) is 12.8 Å². The number of carbonyl (C=O) groups is 1. The van der Waals surface area contributed by atoms with Crippen LogP contribution in [0.15, 0.2) is 36.4 Å². The molecule has 1 amide bonds. The van der Waals surface area contributed by atoms with E-state index >= 15 is 0 Å². The number of benzene rings is 2. The summed E-state index contributed by atoms with van der Waals surface area (Å²) in [5.41, 5.74) is 2.04. The van der Waals surface area contributed by atoms with Crippen LogP contribution < -0.4 is 9.62 Å². The Hall–Kier alpha value is -2.12. The summed E-state index contributed by atoms with van der Waals surface area (Å²) in [6.45, 7) is 2.22. The third kappa shape index (κ3) is 3.83. The second-order valence-electron chi connectivity index (χ2n) is 6.18. The standard InChI is InChI=1S/C18H18ClFN2O3S/c1-12-10-13(18(23)21-14-5-6-16(20)15(19)11-14)4-7-17(12)22-8-2-3-9-26(22,24)25/h4-7,10-11H,2-3,8-9H2,1H3,(H,21,23). The predicted molar refractivity (Wildman–Crippen MR) is 101 cm³/mol. The molecular weight excluding hydrogens is 379 g/mol. The molecule has 26 heavy (non-hydrogen) atoms. The van der Waals surface area contributed by atoms with Crippen molar-refractivity contribution in [2.75, 3.05) is 21.9 Å². The fourth-order valence-electron chi connectivity index (χ4n) is 2.91. The van der Waals surface area contributed by atoms with Crippen LogP contribution in [0.3, 0.4) is 0 Å². The Labute approximate surface area is 156 Å². The summed E-state index contributed by atoms with van der Waals surface area (Å²) >= 11 is 5.71. The number of anilines is 2. The van der Waals surface area contributed by atoms with Crippen molar-refractivity contribution in [2.24, 2.45) is 0 Å². The van der Waals surface area contributed by atoms with Crippen molar-refractivity contribution in [3.63, 3.8) is 0 Å². The number of nitrogens with zero attached hydrogens (tertiary/aromatic N) is 1. The smallest absolute Gasteiger partial charge is 0.255 e. The zero-order valence-electron chi connectivity index (χ0n) is 14.1. The summed E-state index contributed by atoms with van der Waals surface area (Å²) < 4.78 is 39.1. The van der Waals surface area contributed by atoms with Crippen molar-refractivity contribution in [3.8, 4) is 0 Å². The highest BCUT2D eigenvalue weighted by Crippen LogP contribution is 2.28. The maximum atomic E-state index is 13.2. The zero-order chi connectivity index (χ0) is 18.9. The van der Waals surface area contributed by atoms with Crippen LogP contribution in [0.1, 0.15) is 28.8 Å². The van der Waals surface area contributed by atoms with Crippen molar-refractivity contribution in [3.05, 3.63) is 58.4 Å². The van der Waals surface area contributed by atoms with E-state index in [2.05, 4.69) is 5.32 Å². The van der Waals surface area contributed by atoms with Gasteiger partial charge in [0.05, 0.1) is 16.5 Å². The Morgan fingerprint density at radius 1 is 1.19 bits per heavy atom. The van der Waals surface area contributed by atoms with Crippen molar-refractivity contribution in [2.45, 2.75) is 19.8 Å². The van der Waals surface area contributed by atoms with Crippen LogP contribution in [-0.4, -0.2) is 26.6 Å². The van der Waals surface area contributed by atoms with Gasteiger partial charge in [0.2, 0.25) is 10.0 Å². The quantitative estimate of drug-likeness (QED) is 0.853. The number of sulfonamides is 1. The molecule has 5 nitrogen and oxygen atoms in total. The SMILES string of the molecule is Cc1cc(C(=O)Nc2ccc(F)c(Cl)c2)ccc1N1CCCCS1(=O)=O. The van der Waals surface area contributed by atoms with Crippen LogP contribution in [-0.2, 0) is 10.0 Å². The van der Waals surface area contributed by atoms with Gasteiger partial charge in [-0.15, -0.1) is 0 Å². The summed E-state index contributed by atoms with van der Waals surface area (Å²) in [7, 11) is -3.31. The number of halogens is 2. The third-order valence-corrected chi connectivity index (χ3v) is 6.40. The van der Waals surface area contributed by atoms with Gasteiger partial charge in [-0.05, 0) is 61.7 Å². The van der Waals surface area contributed by atoms with E-state index in [9.17, 15) is 17.6 Å². The lowest BCUT2D eigenvalue weighted by Gasteiger charge is -2.29. The summed E-state index contributed by atoms with van der Waals surface area (Å²) in [4.78, 5) is 12.4. The topological polar surface area (TPSA) is 66.5 Å². The molecule has 0 saturated carbocycles. The molecule has 3 rings (SSSR count). The molecule has 1 saturated heterocycles. The van der Waals surface area contributed by atoms with Crippen LogP contribution >= 0.6 is 11.6 Å². The minimum absolute atomic E-state index is 0.0790. The van der Waals surface area contributed by atoms with Gasteiger partial charge < -0.3 is 5.32 Å². The molecular formula is C18H18ClFN2O3S. The van der Waals surface area contributed by atoms with Gasteiger partial charge in [0.15, 0.2) is 0 Å². The highest BCUT2D eigenvalue weighted by atomic mass is 35.5. The van der Waals surface area contributed by atoms with Crippen molar-refractivity contribution in [1.29, 1.82) is 0 Å². The Kier molecular flexibility index (Phi) is 5.20. The molecule has 0 unspecified atom stereocenters. The normalized spacial score (nSPS) is 16.3. The minimum Gasteiger partial charge on any atom is -0.322 e. The first-order valence-electron chi connectivity index (χ1n) is 8.15. The maximum Gasteiger partial charge on any atom is 0.255 e. The summed E-state index contributed by atoms with van der Waals surface area (Å²) in [5.74, 6) is -0.809. The molecule has 1 heterocycles. The highest BCUT2D eigenvalue weighted by molar-refractivity contribution is 7.92. The van der Waals surface area contributed by atoms with E-state index < -0.39 is 15.8 Å². The molecule has 1 aliphatic rings. The molecule has 1 N–H and O–H groups in total. The van der Waals surface area contributed by atoms with Gasteiger partial charge in [0, 0.05) is 17.8 Å².